The number of fused-ring (bicyclic) bond motifs is 2. The number of nitrogens with zero attached hydrogens (tertiary/aromatic N) is 6. The number of methoxy groups -OCH3 is 2. The summed E-state index contributed by atoms with van der Waals surface area (Å²) in [4.78, 5) is 42.6. The van der Waals surface area contributed by atoms with Crippen molar-refractivity contribution in [2.75, 3.05) is 40.4 Å². The van der Waals surface area contributed by atoms with Crippen molar-refractivity contribution in [3.05, 3.63) is 54.7 Å². The minimum absolute atomic E-state index is 0.0226. The Kier molecular flexibility index (Phi) is 6.55. The Labute approximate surface area is 208 Å². The molecule has 188 valence electrons. The maximum atomic E-state index is 13.4. The van der Waals surface area contributed by atoms with Gasteiger partial charge in [-0.25, -0.2) is 9.97 Å². The number of benzene rings is 1. The van der Waals surface area contributed by atoms with Gasteiger partial charge in [-0.2, -0.15) is 4.98 Å². The van der Waals surface area contributed by atoms with Gasteiger partial charge in [-0.3, -0.25) is 9.59 Å². The molecule has 2 aliphatic rings. The van der Waals surface area contributed by atoms with E-state index in [1.165, 1.54) is 14.2 Å². The summed E-state index contributed by atoms with van der Waals surface area (Å²) in [5.41, 5.74) is 1.97. The maximum Gasteiger partial charge on any atom is 0.319 e. The highest BCUT2D eigenvalue weighted by Gasteiger charge is 2.39. The van der Waals surface area contributed by atoms with E-state index < -0.39 is 0 Å². The summed E-state index contributed by atoms with van der Waals surface area (Å²) < 4.78 is 18.3. The predicted octanol–water partition coefficient (Wildman–Crippen LogP) is 1.67. The van der Waals surface area contributed by atoms with E-state index >= 15 is 0 Å². The summed E-state index contributed by atoms with van der Waals surface area (Å²) in [7, 11) is 3.01. The van der Waals surface area contributed by atoms with Gasteiger partial charge in [-0.1, -0.05) is 12.1 Å². The molecular formula is C25H28N6O5. The summed E-state index contributed by atoms with van der Waals surface area (Å²) in [5.74, 6) is 0.298. The molecule has 3 atom stereocenters. The van der Waals surface area contributed by atoms with Crippen molar-refractivity contribution in [1.82, 2.24) is 29.3 Å². The van der Waals surface area contributed by atoms with E-state index in [1.54, 1.807) is 40.5 Å². The lowest BCUT2D eigenvalue weighted by atomic mass is 10.0. The van der Waals surface area contributed by atoms with Gasteiger partial charge in [0.05, 0.1) is 38.3 Å². The number of carbonyl (C=O) groups is 2. The zero-order valence-electron chi connectivity index (χ0n) is 20.4. The highest BCUT2D eigenvalue weighted by atomic mass is 16.5. The van der Waals surface area contributed by atoms with Crippen LogP contribution in [0.1, 0.15) is 23.3 Å². The zero-order chi connectivity index (χ0) is 25.2. The summed E-state index contributed by atoms with van der Waals surface area (Å²) in [6.45, 7) is 3.58. The molecule has 2 aromatic heterocycles. The van der Waals surface area contributed by atoms with Crippen molar-refractivity contribution in [1.29, 1.82) is 0 Å². The van der Waals surface area contributed by atoms with Gasteiger partial charge in [0.1, 0.15) is 6.04 Å². The molecule has 11 heteroatoms. The molecule has 2 amide bonds. The highest BCUT2D eigenvalue weighted by molar-refractivity contribution is 5.95. The van der Waals surface area contributed by atoms with Crippen LogP contribution in [0.25, 0.3) is 11.1 Å². The van der Waals surface area contributed by atoms with Crippen LogP contribution in [0.2, 0.25) is 0 Å². The van der Waals surface area contributed by atoms with Crippen molar-refractivity contribution in [3.8, 4) is 23.0 Å². The van der Waals surface area contributed by atoms with Crippen LogP contribution >= 0.6 is 0 Å². The van der Waals surface area contributed by atoms with Crippen LogP contribution in [-0.4, -0.2) is 93.7 Å². The molecule has 2 saturated heterocycles. The van der Waals surface area contributed by atoms with Gasteiger partial charge in [-0.15, -0.1) is 0 Å². The molecule has 5 rings (SSSR count). The second kappa shape index (κ2) is 9.94. The van der Waals surface area contributed by atoms with Crippen LogP contribution in [0.15, 0.2) is 49.2 Å². The fourth-order valence-electron chi connectivity index (χ4n) is 4.73. The van der Waals surface area contributed by atoms with Crippen molar-refractivity contribution in [3.63, 3.8) is 0 Å². The standard InChI is InChI=1S/C25H28N6O5/c1-16(29-8-7-26-15-29)23(32)30-11-19-13-31(14-20(12-30)36-19)24(33)18-6-4-5-17(9-18)21-10-27-25(35-3)28-22(21)34-2/h4-10,15-16,19-20H,11-14H2,1-3H3. The number of imidazole rings is 1. The Bertz CT molecular complexity index is 1240. The van der Waals surface area contributed by atoms with E-state index in [0.29, 0.717) is 43.2 Å². The van der Waals surface area contributed by atoms with Crippen LogP contribution in [-0.2, 0) is 9.53 Å². The van der Waals surface area contributed by atoms with Crippen LogP contribution < -0.4 is 9.47 Å². The van der Waals surface area contributed by atoms with Gasteiger partial charge in [-0.05, 0) is 24.6 Å². The van der Waals surface area contributed by atoms with E-state index in [9.17, 15) is 9.59 Å². The number of morpholine rings is 2. The summed E-state index contributed by atoms with van der Waals surface area (Å²) in [5, 5.41) is 0. The Morgan fingerprint density at radius 3 is 2.50 bits per heavy atom. The fraction of sp³-hybridized carbons (Fsp3) is 0.400. The van der Waals surface area contributed by atoms with Crippen LogP contribution in [0.4, 0.5) is 0 Å². The third-order valence-corrected chi connectivity index (χ3v) is 6.54. The molecule has 4 heterocycles. The van der Waals surface area contributed by atoms with E-state index in [4.69, 9.17) is 14.2 Å². The van der Waals surface area contributed by atoms with Gasteiger partial charge in [0.15, 0.2) is 0 Å². The van der Waals surface area contributed by atoms with Gasteiger partial charge >= 0.3 is 6.01 Å². The molecule has 1 aromatic carbocycles. The molecule has 3 aromatic rings. The molecule has 3 unspecified atom stereocenters. The number of rotatable bonds is 6. The van der Waals surface area contributed by atoms with Crippen LogP contribution in [0.5, 0.6) is 11.9 Å². The molecule has 0 saturated carbocycles. The lowest BCUT2D eigenvalue weighted by Gasteiger charge is -2.46. The Balaban J connectivity index is 1.29. The van der Waals surface area contributed by atoms with Crippen LogP contribution in [0, 0.1) is 0 Å². The van der Waals surface area contributed by atoms with Gasteiger partial charge in [0, 0.05) is 50.3 Å². The monoisotopic (exact) mass is 492 g/mol. The first kappa shape index (κ1) is 23.7. The smallest absolute Gasteiger partial charge is 0.319 e. The first-order chi connectivity index (χ1) is 17.5. The normalized spacial score (nSPS) is 20.1. The first-order valence-corrected chi connectivity index (χ1v) is 11.7. The fourth-order valence-corrected chi connectivity index (χ4v) is 4.73. The Morgan fingerprint density at radius 2 is 1.83 bits per heavy atom. The third-order valence-electron chi connectivity index (χ3n) is 6.54. The molecule has 36 heavy (non-hydrogen) atoms. The molecule has 0 aliphatic carbocycles. The van der Waals surface area contributed by atoms with Gasteiger partial charge in [0.2, 0.25) is 11.8 Å². The lowest BCUT2D eigenvalue weighted by Crippen LogP contribution is -2.62. The average Bonchev–Trinajstić information content (AvgIpc) is 3.46. The Hall–Kier alpha value is -3.99. The van der Waals surface area contributed by atoms with E-state index in [2.05, 4.69) is 15.0 Å². The number of ether oxygens (including phenoxy) is 3. The van der Waals surface area contributed by atoms with E-state index in [0.717, 1.165) is 5.56 Å². The highest BCUT2D eigenvalue weighted by Crippen LogP contribution is 2.30. The quantitative estimate of drug-likeness (QED) is 0.511. The summed E-state index contributed by atoms with van der Waals surface area (Å²) in [6.07, 6.45) is 6.23. The SMILES string of the molecule is COc1ncc(-c2cccc(C(=O)N3CC4CN(C(=O)C(C)n5ccnc5)CC(C3)O4)c2)c(OC)n1. The van der Waals surface area contributed by atoms with E-state index in [-0.39, 0.29) is 36.1 Å². The largest absolute Gasteiger partial charge is 0.480 e. The van der Waals surface area contributed by atoms with Crippen LogP contribution in [0.3, 0.4) is 0 Å². The number of hydrogen-bond donors (Lipinski definition) is 0. The molecule has 0 radical (unpaired) electrons. The molecule has 0 N–H and O–H groups in total. The maximum absolute atomic E-state index is 13.4. The summed E-state index contributed by atoms with van der Waals surface area (Å²) in [6, 6.07) is 7.16. The molecule has 0 spiro atoms. The minimum atomic E-state index is -0.342. The van der Waals surface area contributed by atoms with Gasteiger partial charge in [0.25, 0.3) is 5.91 Å². The minimum Gasteiger partial charge on any atom is -0.480 e. The van der Waals surface area contributed by atoms with E-state index in [1.807, 2.05) is 30.0 Å². The second-order valence-corrected chi connectivity index (χ2v) is 8.88. The van der Waals surface area contributed by atoms with Crippen molar-refractivity contribution < 1.29 is 23.8 Å². The Morgan fingerprint density at radius 1 is 1.08 bits per heavy atom. The zero-order valence-corrected chi connectivity index (χ0v) is 20.4. The molecule has 11 nitrogen and oxygen atoms in total. The molecule has 2 bridgehead atoms. The number of aromatic nitrogens is 4. The predicted molar refractivity (Wildman–Crippen MR) is 129 cm³/mol. The lowest BCUT2D eigenvalue weighted by molar-refractivity contribution is -0.159. The molecule has 2 fully saturated rings. The number of hydrogen-bond acceptors (Lipinski definition) is 8. The second-order valence-electron chi connectivity index (χ2n) is 8.88. The number of amides is 2. The molecular weight excluding hydrogens is 464 g/mol. The van der Waals surface area contributed by atoms with Crippen molar-refractivity contribution in [2.24, 2.45) is 0 Å². The van der Waals surface area contributed by atoms with Crippen molar-refractivity contribution in [2.45, 2.75) is 25.2 Å². The van der Waals surface area contributed by atoms with Gasteiger partial charge < -0.3 is 28.6 Å². The summed E-state index contributed by atoms with van der Waals surface area (Å²) >= 11 is 0. The van der Waals surface area contributed by atoms with Crippen molar-refractivity contribution >= 4 is 11.8 Å². The topological polar surface area (TPSA) is 112 Å². The number of carbonyl (C=O) groups excluding carboxylic acids is 2. The average molecular weight is 493 g/mol. The third kappa shape index (κ3) is 4.61. The first-order valence-electron chi connectivity index (χ1n) is 11.7. The molecule has 2 aliphatic heterocycles.